The second-order valence-corrected chi connectivity index (χ2v) is 7.54. The number of rotatable bonds is 6. The SMILES string of the molecule is Cc1cc(NS(=O)(=O)c2ccc(OCC3CCCC3)cc2)no1. The quantitative estimate of drug-likeness (QED) is 0.875. The number of hydrogen-bond acceptors (Lipinski definition) is 5. The third-order valence-electron chi connectivity index (χ3n) is 3.96. The van der Waals surface area contributed by atoms with Crippen molar-refractivity contribution in [3.63, 3.8) is 0 Å². The zero-order valence-electron chi connectivity index (χ0n) is 13.0. The molecular weight excluding hydrogens is 316 g/mol. The summed E-state index contributed by atoms with van der Waals surface area (Å²) in [6, 6.07) is 7.93. The molecule has 7 heteroatoms. The Balaban J connectivity index is 1.63. The molecule has 1 aliphatic carbocycles. The fourth-order valence-corrected chi connectivity index (χ4v) is 3.70. The molecule has 0 unspecified atom stereocenters. The maximum absolute atomic E-state index is 12.3. The summed E-state index contributed by atoms with van der Waals surface area (Å²) in [7, 11) is -3.68. The second-order valence-electron chi connectivity index (χ2n) is 5.86. The van der Waals surface area contributed by atoms with Gasteiger partial charge in [0.05, 0.1) is 11.5 Å². The molecule has 0 amide bonds. The van der Waals surface area contributed by atoms with Crippen molar-refractivity contribution >= 4 is 15.8 Å². The van der Waals surface area contributed by atoms with Gasteiger partial charge in [0.1, 0.15) is 11.5 Å². The predicted molar refractivity (Wildman–Crippen MR) is 85.9 cm³/mol. The first-order chi connectivity index (χ1) is 11.0. The molecule has 1 fully saturated rings. The Bertz CT molecular complexity index is 747. The van der Waals surface area contributed by atoms with Gasteiger partial charge in [-0.15, -0.1) is 0 Å². The molecule has 3 rings (SSSR count). The number of sulfonamides is 1. The molecule has 1 aromatic heterocycles. The first kappa shape index (κ1) is 15.9. The van der Waals surface area contributed by atoms with Crippen molar-refractivity contribution in [1.29, 1.82) is 0 Å². The highest BCUT2D eigenvalue weighted by Crippen LogP contribution is 2.26. The zero-order valence-corrected chi connectivity index (χ0v) is 13.8. The largest absolute Gasteiger partial charge is 0.493 e. The molecule has 0 aliphatic heterocycles. The van der Waals surface area contributed by atoms with E-state index >= 15 is 0 Å². The fourth-order valence-electron chi connectivity index (χ4n) is 2.72. The maximum Gasteiger partial charge on any atom is 0.263 e. The Kier molecular flexibility index (Phi) is 4.56. The Labute approximate surface area is 135 Å². The van der Waals surface area contributed by atoms with Gasteiger partial charge in [-0.1, -0.05) is 18.0 Å². The van der Waals surface area contributed by atoms with Gasteiger partial charge in [-0.25, -0.2) is 8.42 Å². The van der Waals surface area contributed by atoms with Crippen molar-refractivity contribution in [2.24, 2.45) is 5.92 Å². The number of hydrogen-bond donors (Lipinski definition) is 1. The minimum Gasteiger partial charge on any atom is -0.493 e. The van der Waals surface area contributed by atoms with Crippen molar-refractivity contribution in [2.45, 2.75) is 37.5 Å². The number of nitrogens with zero attached hydrogens (tertiary/aromatic N) is 1. The normalized spacial score (nSPS) is 15.7. The first-order valence-corrected chi connectivity index (χ1v) is 9.20. The van der Waals surface area contributed by atoms with Crippen molar-refractivity contribution in [1.82, 2.24) is 5.16 Å². The highest BCUT2D eigenvalue weighted by Gasteiger charge is 2.17. The van der Waals surface area contributed by atoms with Crippen LogP contribution in [-0.4, -0.2) is 20.2 Å². The van der Waals surface area contributed by atoms with Gasteiger partial charge in [0, 0.05) is 6.07 Å². The van der Waals surface area contributed by atoms with Gasteiger partial charge in [-0.05, 0) is 49.9 Å². The number of nitrogens with one attached hydrogen (secondary N) is 1. The molecule has 0 saturated heterocycles. The lowest BCUT2D eigenvalue weighted by Gasteiger charge is -2.12. The molecule has 0 atom stereocenters. The Hall–Kier alpha value is -2.02. The van der Waals surface area contributed by atoms with E-state index in [-0.39, 0.29) is 10.7 Å². The minimum absolute atomic E-state index is 0.159. The highest BCUT2D eigenvalue weighted by atomic mass is 32.2. The molecule has 1 aromatic carbocycles. The summed E-state index contributed by atoms with van der Waals surface area (Å²) in [6.07, 6.45) is 4.98. The van der Waals surface area contributed by atoms with Crippen LogP contribution in [0.15, 0.2) is 39.8 Å². The lowest BCUT2D eigenvalue weighted by Crippen LogP contribution is -2.13. The summed E-state index contributed by atoms with van der Waals surface area (Å²) in [5, 5.41) is 3.63. The second kappa shape index (κ2) is 6.62. The van der Waals surface area contributed by atoms with E-state index in [9.17, 15) is 8.42 Å². The van der Waals surface area contributed by atoms with Gasteiger partial charge in [0.2, 0.25) is 0 Å². The summed E-state index contributed by atoms with van der Waals surface area (Å²) >= 11 is 0. The molecular formula is C16H20N2O4S. The number of aryl methyl sites for hydroxylation is 1. The molecule has 2 aromatic rings. The predicted octanol–water partition coefficient (Wildman–Crippen LogP) is 3.35. The molecule has 0 bridgehead atoms. The topological polar surface area (TPSA) is 81.4 Å². The standard InChI is InChI=1S/C16H20N2O4S/c1-12-10-16(17-22-12)18-23(19,20)15-8-6-14(7-9-15)21-11-13-4-2-3-5-13/h6-10,13H,2-5,11H2,1H3,(H,17,18). The highest BCUT2D eigenvalue weighted by molar-refractivity contribution is 7.92. The van der Waals surface area contributed by atoms with E-state index < -0.39 is 10.0 Å². The Morgan fingerprint density at radius 1 is 1.26 bits per heavy atom. The van der Waals surface area contributed by atoms with E-state index in [0.29, 0.717) is 24.0 Å². The van der Waals surface area contributed by atoms with Crippen LogP contribution in [0.3, 0.4) is 0 Å². The van der Waals surface area contributed by atoms with Crippen LogP contribution in [0.5, 0.6) is 5.75 Å². The summed E-state index contributed by atoms with van der Waals surface area (Å²) in [5.74, 6) is 2.02. The third kappa shape index (κ3) is 4.04. The Morgan fingerprint density at radius 2 is 1.96 bits per heavy atom. The average Bonchev–Trinajstić information content (AvgIpc) is 3.17. The zero-order chi connectivity index (χ0) is 16.3. The molecule has 1 N–H and O–H groups in total. The molecule has 23 heavy (non-hydrogen) atoms. The smallest absolute Gasteiger partial charge is 0.263 e. The van der Waals surface area contributed by atoms with Gasteiger partial charge >= 0.3 is 0 Å². The Morgan fingerprint density at radius 3 is 2.57 bits per heavy atom. The molecule has 1 heterocycles. The van der Waals surface area contributed by atoms with Crippen LogP contribution in [0.1, 0.15) is 31.4 Å². The lowest BCUT2D eigenvalue weighted by molar-refractivity contribution is 0.252. The van der Waals surface area contributed by atoms with Crippen molar-refractivity contribution < 1.29 is 17.7 Å². The monoisotopic (exact) mass is 336 g/mol. The minimum atomic E-state index is -3.68. The van der Waals surface area contributed by atoms with Crippen LogP contribution < -0.4 is 9.46 Å². The van der Waals surface area contributed by atoms with Crippen LogP contribution >= 0.6 is 0 Å². The van der Waals surface area contributed by atoms with Crippen molar-refractivity contribution in [2.75, 3.05) is 11.3 Å². The van der Waals surface area contributed by atoms with Crippen LogP contribution in [0.2, 0.25) is 0 Å². The summed E-state index contributed by atoms with van der Waals surface area (Å²) < 4.78 is 37.5. The first-order valence-electron chi connectivity index (χ1n) is 7.72. The molecule has 1 aliphatic rings. The molecule has 0 radical (unpaired) electrons. The lowest BCUT2D eigenvalue weighted by atomic mass is 10.1. The van der Waals surface area contributed by atoms with Crippen LogP contribution in [-0.2, 0) is 10.0 Å². The summed E-state index contributed by atoms with van der Waals surface area (Å²) in [6.45, 7) is 2.39. The number of ether oxygens (including phenoxy) is 1. The van der Waals surface area contributed by atoms with Crippen molar-refractivity contribution in [3.05, 3.63) is 36.1 Å². The van der Waals surface area contributed by atoms with Crippen LogP contribution in [0.25, 0.3) is 0 Å². The van der Waals surface area contributed by atoms with Crippen LogP contribution in [0.4, 0.5) is 5.82 Å². The van der Waals surface area contributed by atoms with E-state index in [0.717, 1.165) is 0 Å². The average molecular weight is 336 g/mol. The maximum atomic E-state index is 12.3. The van der Waals surface area contributed by atoms with Crippen LogP contribution in [0, 0.1) is 12.8 Å². The van der Waals surface area contributed by atoms with Gasteiger partial charge in [0.25, 0.3) is 10.0 Å². The van der Waals surface area contributed by atoms with E-state index in [1.165, 1.54) is 43.9 Å². The molecule has 0 spiro atoms. The van der Waals surface area contributed by atoms with Gasteiger partial charge < -0.3 is 9.26 Å². The van der Waals surface area contributed by atoms with Gasteiger partial charge in [-0.3, -0.25) is 4.72 Å². The molecule has 6 nitrogen and oxygen atoms in total. The molecule has 1 saturated carbocycles. The van der Waals surface area contributed by atoms with Gasteiger partial charge in [-0.2, -0.15) is 0 Å². The number of benzene rings is 1. The number of aromatic nitrogens is 1. The van der Waals surface area contributed by atoms with E-state index in [4.69, 9.17) is 9.26 Å². The molecule has 124 valence electrons. The summed E-state index contributed by atoms with van der Waals surface area (Å²) in [5.41, 5.74) is 0. The van der Waals surface area contributed by atoms with E-state index in [1.807, 2.05) is 0 Å². The van der Waals surface area contributed by atoms with Crippen molar-refractivity contribution in [3.8, 4) is 5.75 Å². The van der Waals surface area contributed by atoms with E-state index in [2.05, 4.69) is 9.88 Å². The van der Waals surface area contributed by atoms with E-state index in [1.54, 1.807) is 19.1 Å². The number of anilines is 1. The van der Waals surface area contributed by atoms with Gasteiger partial charge in [0.15, 0.2) is 5.82 Å². The third-order valence-corrected chi connectivity index (χ3v) is 5.33. The fraction of sp³-hybridized carbons (Fsp3) is 0.438. The summed E-state index contributed by atoms with van der Waals surface area (Å²) in [4.78, 5) is 0.159.